The molecule has 0 spiro atoms. The zero-order valence-corrected chi connectivity index (χ0v) is 11.9. The van der Waals surface area contributed by atoms with Crippen LogP contribution in [0.15, 0.2) is 35.3 Å². The molecule has 0 aromatic heterocycles. The Labute approximate surface area is 119 Å². The molecule has 0 unspecified atom stereocenters. The number of hydrogen-bond donors (Lipinski definition) is 2. The van der Waals surface area contributed by atoms with Gasteiger partial charge in [0.2, 0.25) is 5.91 Å². The summed E-state index contributed by atoms with van der Waals surface area (Å²) >= 11 is 0. The van der Waals surface area contributed by atoms with E-state index in [0.717, 1.165) is 5.56 Å². The molecular formula is C14H21N3O3. The molecule has 0 radical (unpaired) electrons. The highest BCUT2D eigenvalue weighted by atomic mass is 16.5. The van der Waals surface area contributed by atoms with Crippen LogP contribution in [0.4, 0.5) is 0 Å². The van der Waals surface area contributed by atoms with Crippen molar-refractivity contribution in [1.29, 1.82) is 0 Å². The number of carbonyl (C=O) groups excluding carboxylic acids is 1. The van der Waals surface area contributed by atoms with Crippen molar-refractivity contribution in [3.63, 3.8) is 0 Å². The van der Waals surface area contributed by atoms with Crippen LogP contribution in [0.25, 0.3) is 0 Å². The Morgan fingerprint density at radius 2 is 2.00 bits per heavy atom. The quantitative estimate of drug-likeness (QED) is 0.434. The van der Waals surface area contributed by atoms with Gasteiger partial charge in [-0.1, -0.05) is 30.3 Å². The van der Waals surface area contributed by atoms with Crippen molar-refractivity contribution >= 4 is 11.9 Å². The van der Waals surface area contributed by atoms with E-state index in [9.17, 15) is 4.79 Å². The van der Waals surface area contributed by atoms with Crippen molar-refractivity contribution in [1.82, 2.24) is 10.6 Å². The first-order valence-electron chi connectivity index (χ1n) is 6.39. The maximum absolute atomic E-state index is 11.5. The first kappa shape index (κ1) is 16.0. The topological polar surface area (TPSA) is 72.0 Å². The van der Waals surface area contributed by atoms with Gasteiger partial charge < -0.3 is 20.1 Å². The summed E-state index contributed by atoms with van der Waals surface area (Å²) in [4.78, 5) is 15.4. The van der Waals surface area contributed by atoms with Gasteiger partial charge in [-0.15, -0.1) is 0 Å². The minimum absolute atomic E-state index is 0.116. The number of methoxy groups -OCH3 is 1. The highest BCUT2D eigenvalue weighted by molar-refractivity contribution is 5.83. The van der Waals surface area contributed by atoms with Crippen LogP contribution in [0.1, 0.15) is 5.56 Å². The average Bonchev–Trinajstić information content (AvgIpc) is 2.49. The molecule has 0 heterocycles. The molecule has 0 aliphatic heterocycles. The Bertz CT molecular complexity index is 421. The van der Waals surface area contributed by atoms with E-state index in [0.29, 0.717) is 25.8 Å². The molecule has 0 saturated heterocycles. The maximum Gasteiger partial charge on any atom is 0.285 e. The molecule has 1 rings (SSSR count). The second-order valence-corrected chi connectivity index (χ2v) is 4.00. The summed E-state index contributed by atoms with van der Waals surface area (Å²) in [7, 11) is 3.19. The fourth-order valence-electron chi connectivity index (χ4n) is 1.43. The molecule has 0 bridgehead atoms. The molecule has 0 saturated carbocycles. The van der Waals surface area contributed by atoms with Gasteiger partial charge in [-0.25, -0.2) is 4.99 Å². The molecule has 2 N–H and O–H groups in total. The van der Waals surface area contributed by atoms with E-state index in [4.69, 9.17) is 9.47 Å². The largest absolute Gasteiger partial charge is 0.460 e. The molecule has 1 aromatic carbocycles. The standard InChI is InChI=1S/C14H21N3O3/c1-15-14(17-10-13(18)16-8-9-19-2)20-11-12-6-4-3-5-7-12/h3-7H,8-11H2,1-2H3,(H,15,17)(H,16,18). The van der Waals surface area contributed by atoms with E-state index in [2.05, 4.69) is 15.6 Å². The number of rotatable bonds is 7. The summed E-state index contributed by atoms with van der Waals surface area (Å²) < 4.78 is 10.3. The molecule has 0 aliphatic carbocycles. The minimum Gasteiger partial charge on any atom is -0.460 e. The number of ether oxygens (including phenoxy) is 2. The van der Waals surface area contributed by atoms with Gasteiger partial charge in [-0.3, -0.25) is 4.79 Å². The molecule has 6 heteroatoms. The second-order valence-electron chi connectivity index (χ2n) is 4.00. The molecule has 20 heavy (non-hydrogen) atoms. The van der Waals surface area contributed by atoms with E-state index < -0.39 is 0 Å². The van der Waals surface area contributed by atoms with Crippen molar-refractivity contribution < 1.29 is 14.3 Å². The molecule has 0 atom stereocenters. The SMILES string of the molecule is CN=C(NCC(=O)NCCOC)OCc1ccccc1. The Hall–Kier alpha value is -2.08. The summed E-state index contributed by atoms with van der Waals surface area (Å²) in [6, 6.07) is 10.1. The monoisotopic (exact) mass is 279 g/mol. The lowest BCUT2D eigenvalue weighted by Crippen LogP contribution is -2.38. The van der Waals surface area contributed by atoms with E-state index >= 15 is 0 Å². The number of carbonyl (C=O) groups is 1. The number of aliphatic imine (C=N–C) groups is 1. The second kappa shape index (κ2) is 9.80. The highest BCUT2D eigenvalue weighted by Crippen LogP contribution is 2.00. The Balaban J connectivity index is 2.25. The van der Waals surface area contributed by atoms with Crippen LogP contribution >= 0.6 is 0 Å². The average molecular weight is 279 g/mol. The van der Waals surface area contributed by atoms with Gasteiger partial charge in [0, 0.05) is 20.7 Å². The van der Waals surface area contributed by atoms with Crippen LogP contribution in [0.5, 0.6) is 0 Å². The van der Waals surface area contributed by atoms with Crippen LogP contribution in [0.3, 0.4) is 0 Å². The van der Waals surface area contributed by atoms with Gasteiger partial charge in [0.15, 0.2) is 0 Å². The smallest absolute Gasteiger partial charge is 0.285 e. The fraction of sp³-hybridized carbons (Fsp3) is 0.429. The van der Waals surface area contributed by atoms with Crippen LogP contribution in [0.2, 0.25) is 0 Å². The van der Waals surface area contributed by atoms with Crippen molar-refractivity contribution in [2.24, 2.45) is 4.99 Å². The third-order valence-electron chi connectivity index (χ3n) is 2.45. The Morgan fingerprint density at radius 1 is 1.25 bits per heavy atom. The minimum atomic E-state index is -0.133. The molecule has 1 aromatic rings. The first-order valence-corrected chi connectivity index (χ1v) is 6.39. The van der Waals surface area contributed by atoms with Gasteiger partial charge in [0.1, 0.15) is 6.61 Å². The van der Waals surface area contributed by atoms with Gasteiger partial charge >= 0.3 is 0 Å². The van der Waals surface area contributed by atoms with Crippen molar-refractivity contribution in [2.75, 3.05) is 33.9 Å². The Morgan fingerprint density at radius 3 is 2.65 bits per heavy atom. The molecular weight excluding hydrogens is 258 g/mol. The van der Waals surface area contributed by atoms with Gasteiger partial charge in [-0.05, 0) is 5.56 Å². The van der Waals surface area contributed by atoms with E-state index in [1.165, 1.54) is 0 Å². The lowest BCUT2D eigenvalue weighted by molar-refractivity contribution is -0.120. The molecule has 6 nitrogen and oxygen atoms in total. The maximum atomic E-state index is 11.5. The Kier molecular flexibility index (Phi) is 7.83. The van der Waals surface area contributed by atoms with Crippen molar-refractivity contribution in [3.8, 4) is 0 Å². The van der Waals surface area contributed by atoms with Crippen molar-refractivity contribution in [3.05, 3.63) is 35.9 Å². The highest BCUT2D eigenvalue weighted by Gasteiger charge is 2.04. The van der Waals surface area contributed by atoms with E-state index in [1.54, 1.807) is 14.2 Å². The van der Waals surface area contributed by atoms with E-state index in [-0.39, 0.29) is 12.5 Å². The molecule has 1 amide bonds. The van der Waals surface area contributed by atoms with Gasteiger partial charge in [0.05, 0.1) is 13.2 Å². The lowest BCUT2D eigenvalue weighted by atomic mass is 10.2. The number of amides is 1. The molecule has 0 fully saturated rings. The zero-order chi connectivity index (χ0) is 14.6. The first-order chi connectivity index (χ1) is 9.76. The number of nitrogens with zero attached hydrogens (tertiary/aromatic N) is 1. The third-order valence-corrected chi connectivity index (χ3v) is 2.45. The van der Waals surface area contributed by atoms with Crippen LogP contribution in [-0.2, 0) is 20.9 Å². The summed E-state index contributed by atoms with van der Waals surface area (Å²) in [5.41, 5.74) is 1.04. The number of nitrogens with one attached hydrogen (secondary N) is 2. The fourth-order valence-corrected chi connectivity index (χ4v) is 1.43. The molecule has 0 aliphatic rings. The number of hydrogen-bond acceptors (Lipinski definition) is 4. The lowest BCUT2D eigenvalue weighted by Gasteiger charge is -2.11. The summed E-state index contributed by atoms with van der Waals surface area (Å²) in [6.07, 6.45) is 0. The van der Waals surface area contributed by atoms with E-state index in [1.807, 2.05) is 30.3 Å². The van der Waals surface area contributed by atoms with Crippen LogP contribution in [-0.4, -0.2) is 45.8 Å². The summed E-state index contributed by atoms with van der Waals surface area (Å²) in [5, 5.41) is 5.54. The van der Waals surface area contributed by atoms with Crippen LogP contribution < -0.4 is 10.6 Å². The molecule has 110 valence electrons. The van der Waals surface area contributed by atoms with Crippen LogP contribution in [0, 0.1) is 0 Å². The number of amidine groups is 1. The zero-order valence-electron chi connectivity index (χ0n) is 11.9. The normalized spacial score (nSPS) is 11.0. The predicted molar refractivity (Wildman–Crippen MR) is 77.5 cm³/mol. The predicted octanol–water partition coefficient (Wildman–Crippen LogP) is 0.541. The van der Waals surface area contributed by atoms with Gasteiger partial charge in [0.25, 0.3) is 6.02 Å². The van der Waals surface area contributed by atoms with Gasteiger partial charge in [-0.2, -0.15) is 0 Å². The number of benzene rings is 1. The summed E-state index contributed by atoms with van der Waals surface area (Å²) in [6.45, 7) is 1.50. The van der Waals surface area contributed by atoms with Crippen molar-refractivity contribution in [2.45, 2.75) is 6.61 Å². The summed E-state index contributed by atoms with van der Waals surface area (Å²) in [5.74, 6) is -0.133. The third kappa shape index (κ3) is 6.75.